The molecule has 1 saturated heterocycles. The van der Waals surface area contributed by atoms with Crippen LogP contribution < -0.4 is 5.73 Å². The third kappa shape index (κ3) is 4.26. The van der Waals surface area contributed by atoms with Crippen LogP contribution in [0.3, 0.4) is 0 Å². The molecule has 19 heavy (non-hydrogen) atoms. The number of hydrogen-bond acceptors (Lipinski definition) is 4. The molecule has 1 aliphatic heterocycles. The second kappa shape index (κ2) is 7.36. The molecule has 0 spiro atoms. The fourth-order valence-corrected chi connectivity index (χ4v) is 2.78. The van der Waals surface area contributed by atoms with Crippen molar-refractivity contribution in [2.75, 3.05) is 32.9 Å². The van der Waals surface area contributed by atoms with E-state index in [0.717, 1.165) is 36.2 Å². The zero-order chi connectivity index (χ0) is 13.7. The number of nitrogens with two attached hydrogens (primary N) is 1. The Kier molecular flexibility index (Phi) is 5.78. The molecule has 2 unspecified atom stereocenters. The Balaban J connectivity index is 1.87. The first-order valence-electron chi connectivity index (χ1n) is 6.64. The predicted molar refractivity (Wildman–Crippen MR) is 79.0 cm³/mol. The molecule has 1 aliphatic rings. The van der Waals surface area contributed by atoms with Crippen molar-refractivity contribution in [1.82, 2.24) is 4.90 Å². The summed E-state index contributed by atoms with van der Waals surface area (Å²) in [4.78, 5) is 2.27. The lowest BCUT2D eigenvalue weighted by Crippen LogP contribution is -2.48. The summed E-state index contributed by atoms with van der Waals surface area (Å²) in [5, 5.41) is 9.32. The standard InChI is InChI=1S/C14H21BrN2O2/c15-12-3-1-2-11(8-12)14(16)4-5-17-6-7-19-10-13(17)9-18/h1-3,8,13-14,18H,4-7,9-10,16H2. The van der Waals surface area contributed by atoms with Crippen LogP contribution in [0.25, 0.3) is 0 Å². The van der Waals surface area contributed by atoms with Gasteiger partial charge in [0.1, 0.15) is 0 Å². The van der Waals surface area contributed by atoms with Gasteiger partial charge in [-0.1, -0.05) is 28.1 Å². The average Bonchev–Trinajstić information content (AvgIpc) is 2.45. The van der Waals surface area contributed by atoms with Crippen LogP contribution in [0.1, 0.15) is 18.0 Å². The lowest BCUT2D eigenvalue weighted by atomic mass is 10.0. The van der Waals surface area contributed by atoms with Gasteiger partial charge in [0, 0.05) is 23.6 Å². The fourth-order valence-electron chi connectivity index (χ4n) is 2.36. The minimum atomic E-state index is 0.0275. The Morgan fingerprint density at radius 3 is 3.11 bits per heavy atom. The summed E-state index contributed by atoms with van der Waals surface area (Å²) in [6.45, 7) is 3.26. The van der Waals surface area contributed by atoms with E-state index in [0.29, 0.717) is 6.61 Å². The van der Waals surface area contributed by atoms with Gasteiger partial charge in [0.15, 0.2) is 0 Å². The fraction of sp³-hybridized carbons (Fsp3) is 0.571. The molecular formula is C14H21BrN2O2. The molecule has 5 heteroatoms. The number of halogens is 1. The highest BCUT2D eigenvalue weighted by Gasteiger charge is 2.22. The van der Waals surface area contributed by atoms with Crippen LogP contribution in [-0.2, 0) is 4.74 Å². The van der Waals surface area contributed by atoms with Gasteiger partial charge in [-0.25, -0.2) is 0 Å². The minimum Gasteiger partial charge on any atom is -0.395 e. The van der Waals surface area contributed by atoms with Crippen LogP contribution in [0.15, 0.2) is 28.7 Å². The first-order chi connectivity index (χ1) is 9.20. The number of aliphatic hydroxyl groups is 1. The summed E-state index contributed by atoms with van der Waals surface area (Å²) in [5.41, 5.74) is 7.37. The molecule has 2 rings (SSSR count). The molecule has 106 valence electrons. The Morgan fingerprint density at radius 1 is 1.53 bits per heavy atom. The summed E-state index contributed by atoms with van der Waals surface area (Å²) in [6.07, 6.45) is 0.882. The van der Waals surface area contributed by atoms with Gasteiger partial charge in [-0.15, -0.1) is 0 Å². The molecule has 0 saturated carbocycles. The highest BCUT2D eigenvalue weighted by Crippen LogP contribution is 2.20. The van der Waals surface area contributed by atoms with Gasteiger partial charge >= 0.3 is 0 Å². The van der Waals surface area contributed by atoms with E-state index in [1.54, 1.807) is 0 Å². The van der Waals surface area contributed by atoms with Crippen molar-refractivity contribution in [3.63, 3.8) is 0 Å². The number of aliphatic hydroxyl groups excluding tert-OH is 1. The average molecular weight is 329 g/mol. The van der Waals surface area contributed by atoms with E-state index < -0.39 is 0 Å². The van der Waals surface area contributed by atoms with E-state index in [-0.39, 0.29) is 18.7 Å². The Labute approximate surface area is 122 Å². The maximum absolute atomic E-state index is 9.32. The molecule has 0 bridgehead atoms. The largest absolute Gasteiger partial charge is 0.395 e. The highest BCUT2D eigenvalue weighted by atomic mass is 79.9. The van der Waals surface area contributed by atoms with Crippen molar-refractivity contribution in [3.05, 3.63) is 34.3 Å². The van der Waals surface area contributed by atoms with Gasteiger partial charge in [-0.05, 0) is 24.1 Å². The molecule has 1 heterocycles. The van der Waals surface area contributed by atoms with E-state index in [1.165, 1.54) is 0 Å². The molecule has 1 aromatic carbocycles. The first-order valence-corrected chi connectivity index (χ1v) is 7.43. The molecule has 0 radical (unpaired) electrons. The molecule has 4 nitrogen and oxygen atoms in total. The molecule has 0 aromatic heterocycles. The minimum absolute atomic E-state index is 0.0275. The molecule has 0 amide bonds. The molecule has 2 atom stereocenters. The summed E-state index contributed by atoms with van der Waals surface area (Å²) in [6, 6.07) is 8.26. The molecule has 3 N–H and O–H groups in total. The molecular weight excluding hydrogens is 308 g/mol. The van der Waals surface area contributed by atoms with Crippen LogP contribution in [0.4, 0.5) is 0 Å². The molecule has 0 aliphatic carbocycles. The maximum atomic E-state index is 9.32. The molecule has 1 fully saturated rings. The van der Waals surface area contributed by atoms with Crippen LogP contribution >= 0.6 is 15.9 Å². The van der Waals surface area contributed by atoms with Gasteiger partial charge in [0.25, 0.3) is 0 Å². The van der Waals surface area contributed by atoms with E-state index in [4.69, 9.17) is 10.5 Å². The SMILES string of the molecule is NC(CCN1CCOCC1CO)c1cccc(Br)c1. The zero-order valence-electron chi connectivity index (χ0n) is 11.0. The van der Waals surface area contributed by atoms with Crippen molar-refractivity contribution in [3.8, 4) is 0 Å². The smallest absolute Gasteiger partial charge is 0.0644 e. The number of morpholine rings is 1. The van der Waals surface area contributed by atoms with E-state index in [2.05, 4.69) is 33.0 Å². The van der Waals surface area contributed by atoms with E-state index in [1.807, 2.05) is 12.1 Å². The topological polar surface area (TPSA) is 58.7 Å². The van der Waals surface area contributed by atoms with Gasteiger partial charge in [0.2, 0.25) is 0 Å². The van der Waals surface area contributed by atoms with Crippen molar-refractivity contribution < 1.29 is 9.84 Å². The second-order valence-electron chi connectivity index (χ2n) is 4.90. The number of benzene rings is 1. The third-order valence-electron chi connectivity index (χ3n) is 3.56. The van der Waals surface area contributed by atoms with Gasteiger partial charge in [0.05, 0.1) is 25.9 Å². The quantitative estimate of drug-likeness (QED) is 0.860. The normalized spacial score (nSPS) is 22.4. The van der Waals surface area contributed by atoms with Gasteiger partial charge in [-0.3, -0.25) is 4.90 Å². The summed E-state index contributed by atoms with van der Waals surface area (Å²) in [5.74, 6) is 0. The predicted octanol–water partition coefficient (Wildman–Crippen LogP) is 1.53. The monoisotopic (exact) mass is 328 g/mol. The second-order valence-corrected chi connectivity index (χ2v) is 5.81. The number of hydrogen-bond donors (Lipinski definition) is 2. The van der Waals surface area contributed by atoms with Crippen molar-refractivity contribution in [2.45, 2.75) is 18.5 Å². The lowest BCUT2D eigenvalue weighted by Gasteiger charge is -2.35. The Morgan fingerprint density at radius 2 is 2.37 bits per heavy atom. The number of ether oxygens (including phenoxy) is 1. The van der Waals surface area contributed by atoms with Crippen LogP contribution in [0.5, 0.6) is 0 Å². The Hall–Kier alpha value is -0.460. The summed E-state index contributed by atoms with van der Waals surface area (Å²) in [7, 11) is 0. The van der Waals surface area contributed by atoms with Crippen molar-refractivity contribution in [2.24, 2.45) is 5.73 Å². The van der Waals surface area contributed by atoms with Crippen LogP contribution in [-0.4, -0.2) is 49.0 Å². The highest BCUT2D eigenvalue weighted by molar-refractivity contribution is 9.10. The summed E-state index contributed by atoms with van der Waals surface area (Å²) < 4.78 is 6.43. The van der Waals surface area contributed by atoms with Gasteiger partial charge in [-0.2, -0.15) is 0 Å². The zero-order valence-corrected chi connectivity index (χ0v) is 12.6. The van der Waals surface area contributed by atoms with Crippen molar-refractivity contribution in [1.29, 1.82) is 0 Å². The van der Waals surface area contributed by atoms with Crippen LogP contribution in [0, 0.1) is 0 Å². The Bertz CT molecular complexity index is 403. The van der Waals surface area contributed by atoms with Crippen LogP contribution in [0.2, 0.25) is 0 Å². The van der Waals surface area contributed by atoms with E-state index >= 15 is 0 Å². The number of rotatable bonds is 5. The van der Waals surface area contributed by atoms with Crippen molar-refractivity contribution >= 4 is 15.9 Å². The van der Waals surface area contributed by atoms with Gasteiger partial charge < -0.3 is 15.6 Å². The maximum Gasteiger partial charge on any atom is 0.0644 e. The van der Waals surface area contributed by atoms with E-state index in [9.17, 15) is 5.11 Å². The molecule has 1 aromatic rings. The first kappa shape index (κ1) is 14.9. The third-order valence-corrected chi connectivity index (χ3v) is 4.06. The summed E-state index contributed by atoms with van der Waals surface area (Å²) >= 11 is 3.46. The lowest BCUT2D eigenvalue weighted by molar-refractivity contribution is -0.0282. The number of nitrogens with zero attached hydrogens (tertiary/aromatic N) is 1.